The molecule has 6 heteroatoms. The summed E-state index contributed by atoms with van der Waals surface area (Å²) in [6, 6.07) is 16.5. The molecule has 2 aromatic rings. The van der Waals surface area contributed by atoms with Crippen molar-refractivity contribution in [1.82, 2.24) is 10.2 Å². The third-order valence-corrected chi connectivity index (χ3v) is 4.98. The Labute approximate surface area is 165 Å². The molecule has 2 aromatic carbocycles. The summed E-state index contributed by atoms with van der Waals surface area (Å²) >= 11 is 0. The van der Waals surface area contributed by atoms with E-state index in [1.54, 1.807) is 19.2 Å². The first-order valence-electron chi connectivity index (χ1n) is 9.54. The average Bonchev–Trinajstić information content (AvgIpc) is 2.76. The van der Waals surface area contributed by atoms with Crippen molar-refractivity contribution in [3.05, 3.63) is 60.2 Å². The Morgan fingerprint density at radius 3 is 2.43 bits per heavy atom. The quantitative estimate of drug-likeness (QED) is 0.800. The summed E-state index contributed by atoms with van der Waals surface area (Å²) in [5.74, 6) is 1.49. The molecule has 3 rings (SSSR count). The molecule has 0 bridgehead atoms. The van der Waals surface area contributed by atoms with Gasteiger partial charge in [-0.1, -0.05) is 30.3 Å². The highest BCUT2D eigenvalue weighted by atomic mass is 16.5. The van der Waals surface area contributed by atoms with Crippen molar-refractivity contribution in [2.24, 2.45) is 5.92 Å². The average molecular weight is 382 g/mol. The van der Waals surface area contributed by atoms with E-state index in [1.165, 1.54) is 0 Å². The molecule has 0 atom stereocenters. The van der Waals surface area contributed by atoms with Gasteiger partial charge in [-0.15, -0.1) is 0 Å². The fourth-order valence-corrected chi connectivity index (χ4v) is 3.30. The van der Waals surface area contributed by atoms with Gasteiger partial charge in [-0.05, 0) is 43.0 Å². The Morgan fingerprint density at radius 1 is 1.04 bits per heavy atom. The molecule has 1 aliphatic heterocycles. The van der Waals surface area contributed by atoms with E-state index in [1.807, 2.05) is 47.4 Å². The standard InChI is InChI=1S/C22H26N2O4/c1-27-20-10-6-5-9-19(20)22(26)23-15-17-11-13-24(14-12-17)21(25)16-28-18-7-3-2-4-8-18/h2-10,17H,11-16H2,1H3,(H,23,26). The Kier molecular flexibility index (Phi) is 6.89. The van der Waals surface area contributed by atoms with Crippen LogP contribution in [-0.4, -0.2) is 50.1 Å². The number of amides is 2. The minimum Gasteiger partial charge on any atom is -0.496 e. The summed E-state index contributed by atoms with van der Waals surface area (Å²) in [4.78, 5) is 26.5. The van der Waals surface area contributed by atoms with Gasteiger partial charge in [0.15, 0.2) is 6.61 Å². The SMILES string of the molecule is COc1ccccc1C(=O)NCC1CCN(C(=O)COc2ccccc2)CC1. The summed E-state index contributed by atoms with van der Waals surface area (Å²) in [5.41, 5.74) is 0.538. The maximum absolute atomic E-state index is 12.4. The van der Waals surface area contributed by atoms with E-state index >= 15 is 0 Å². The molecular weight excluding hydrogens is 356 g/mol. The Morgan fingerprint density at radius 2 is 1.71 bits per heavy atom. The maximum Gasteiger partial charge on any atom is 0.260 e. The number of piperidine rings is 1. The molecule has 0 aliphatic carbocycles. The number of nitrogens with one attached hydrogen (secondary N) is 1. The molecule has 0 radical (unpaired) electrons. The smallest absolute Gasteiger partial charge is 0.260 e. The molecule has 28 heavy (non-hydrogen) atoms. The van der Waals surface area contributed by atoms with E-state index in [-0.39, 0.29) is 18.4 Å². The van der Waals surface area contributed by atoms with Gasteiger partial charge in [-0.25, -0.2) is 0 Å². The number of benzene rings is 2. The van der Waals surface area contributed by atoms with Crippen LogP contribution in [0.5, 0.6) is 11.5 Å². The number of carbonyl (C=O) groups excluding carboxylic acids is 2. The van der Waals surface area contributed by atoms with Gasteiger partial charge >= 0.3 is 0 Å². The van der Waals surface area contributed by atoms with Gasteiger partial charge in [0.25, 0.3) is 11.8 Å². The molecule has 6 nitrogen and oxygen atoms in total. The highest BCUT2D eigenvalue weighted by Crippen LogP contribution is 2.19. The van der Waals surface area contributed by atoms with Crippen molar-refractivity contribution in [2.45, 2.75) is 12.8 Å². The summed E-state index contributed by atoms with van der Waals surface area (Å²) in [6.07, 6.45) is 1.73. The van der Waals surface area contributed by atoms with Crippen LogP contribution in [0.1, 0.15) is 23.2 Å². The predicted octanol–water partition coefficient (Wildman–Crippen LogP) is 2.74. The highest BCUT2D eigenvalue weighted by molar-refractivity contribution is 5.96. The van der Waals surface area contributed by atoms with Gasteiger partial charge in [0.05, 0.1) is 12.7 Å². The fourth-order valence-electron chi connectivity index (χ4n) is 3.30. The summed E-state index contributed by atoms with van der Waals surface area (Å²) in [5, 5.41) is 2.99. The van der Waals surface area contributed by atoms with Crippen LogP contribution in [0.2, 0.25) is 0 Å². The number of carbonyl (C=O) groups is 2. The van der Waals surface area contributed by atoms with Gasteiger partial charge < -0.3 is 19.7 Å². The number of para-hydroxylation sites is 2. The lowest BCUT2D eigenvalue weighted by atomic mass is 9.96. The lowest BCUT2D eigenvalue weighted by Gasteiger charge is -2.32. The number of likely N-dealkylation sites (tertiary alicyclic amines) is 1. The van der Waals surface area contributed by atoms with Crippen molar-refractivity contribution in [3.8, 4) is 11.5 Å². The van der Waals surface area contributed by atoms with E-state index < -0.39 is 0 Å². The first kappa shape index (κ1) is 19.7. The molecule has 0 unspecified atom stereocenters. The highest BCUT2D eigenvalue weighted by Gasteiger charge is 2.23. The van der Waals surface area contributed by atoms with Crippen molar-refractivity contribution in [1.29, 1.82) is 0 Å². The number of nitrogens with zero attached hydrogens (tertiary/aromatic N) is 1. The van der Waals surface area contributed by atoms with Gasteiger partial charge in [-0.2, -0.15) is 0 Å². The summed E-state index contributed by atoms with van der Waals surface area (Å²) in [7, 11) is 1.56. The molecule has 0 saturated carbocycles. The molecule has 0 spiro atoms. The number of rotatable bonds is 7. The molecular formula is C22H26N2O4. The molecule has 148 valence electrons. The minimum absolute atomic E-state index is 0.000334. The topological polar surface area (TPSA) is 67.9 Å². The van der Waals surface area contributed by atoms with Crippen LogP contribution in [-0.2, 0) is 4.79 Å². The normalized spacial score (nSPS) is 14.4. The van der Waals surface area contributed by atoms with E-state index in [9.17, 15) is 9.59 Å². The number of hydrogen-bond donors (Lipinski definition) is 1. The zero-order valence-electron chi connectivity index (χ0n) is 16.1. The van der Waals surface area contributed by atoms with E-state index in [4.69, 9.17) is 9.47 Å². The Hall–Kier alpha value is -3.02. The molecule has 1 saturated heterocycles. The van der Waals surface area contributed by atoms with Crippen molar-refractivity contribution in [3.63, 3.8) is 0 Å². The van der Waals surface area contributed by atoms with Gasteiger partial charge in [0, 0.05) is 19.6 Å². The van der Waals surface area contributed by atoms with Crippen molar-refractivity contribution in [2.75, 3.05) is 33.4 Å². The van der Waals surface area contributed by atoms with E-state index in [0.717, 1.165) is 12.8 Å². The Bertz CT molecular complexity index is 786. The molecule has 2 amide bonds. The zero-order chi connectivity index (χ0) is 19.8. The van der Waals surface area contributed by atoms with Crippen LogP contribution in [0.25, 0.3) is 0 Å². The lowest BCUT2D eigenvalue weighted by molar-refractivity contribution is -0.134. The predicted molar refractivity (Wildman–Crippen MR) is 107 cm³/mol. The summed E-state index contributed by atoms with van der Waals surface area (Å²) < 4.78 is 10.8. The lowest BCUT2D eigenvalue weighted by Crippen LogP contribution is -2.43. The summed E-state index contributed by atoms with van der Waals surface area (Å²) in [6.45, 7) is 2.02. The molecule has 1 N–H and O–H groups in total. The van der Waals surface area contributed by atoms with Crippen LogP contribution in [0.3, 0.4) is 0 Å². The van der Waals surface area contributed by atoms with E-state index in [2.05, 4.69) is 5.32 Å². The second-order valence-corrected chi connectivity index (χ2v) is 6.84. The van der Waals surface area contributed by atoms with Gasteiger partial charge in [-0.3, -0.25) is 9.59 Å². The first-order chi connectivity index (χ1) is 13.7. The van der Waals surface area contributed by atoms with E-state index in [0.29, 0.717) is 42.6 Å². The maximum atomic E-state index is 12.4. The Balaban J connectivity index is 1.40. The zero-order valence-corrected chi connectivity index (χ0v) is 16.1. The van der Waals surface area contributed by atoms with Crippen molar-refractivity contribution >= 4 is 11.8 Å². The van der Waals surface area contributed by atoms with Crippen LogP contribution < -0.4 is 14.8 Å². The van der Waals surface area contributed by atoms with Crippen LogP contribution >= 0.6 is 0 Å². The monoisotopic (exact) mass is 382 g/mol. The molecule has 1 aliphatic rings. The van der Waals surface area contributed by atoms with Crippen LogP contribution in [0, 0.1) is 5.92 Å². The fraction of sp³-hybridized carbons (Fsp3) is 0.364. The largest absolute Gasteiger partial charge is 0.496 e. The molecule has 0 aromatic heterocycles. The third kappa shape index (κ3) is 5.25. The number of methoxy groups -OCH3 is 1. The van der Waals surface area contributed by atoms with Crippen LogP contribution in [0.4, 0.5) is 0 Å². The van der Waals surface area contributed by atoms with Gasteiger partial charge in [0.1, 0.15) is 11.5 Å². The molecule has 1 fully saturated rings. The van der Waals surface area contributed by atoms with Gasteiger partial charge in [0.2, 0.25) is 0 Å². The third-order valence-electron chi connectivity index (χ3n) is 4.98. The van der Waals surface area contributed by atoms with Crippen molar-refractivity contribution < 1.29 is 19.1 Å². The number of ether oxygens (including phenoxy) is 2. The molecule has 1 heterocycles. The number of hydrogen-bond acceptors (Lipinski definition) is 4. The second kappa shape index (κ2) is 9.78. The second-order valence-electron chi connectivity index (χ2n) is 6.84. The first-order valence-corrected chi connectivity index (χ1v) is 9.54. The minimum atomic E-state index is -0.132. The van der Waals surface area contributed by atoms with Crippen LogP contribution in [0.15, 0.2) is 54.6 Å².